The molecule has 0 radical (unpaired) electrons. The van der Waals surface area contributed by atoms with Crippen LogP contribution in [0.4, 0.5) is 4.79 Å². The molecule has 0 aliphatic carbocycles. The lowest BCUT2D eigenvalue weighted by Crippen LogP contribution is -2.47. The minimum absolute atomic E-state index is 0.156. The number of benzene rings is 3. The van der Waals surface area contributed by atoms with E-state index < -0.39 is 12.0 Å². The van der Waals surface area contributed by atoms with Crippen molar-refractivity contribution in [3.8, 4) is 5.75 Å². The zero-order chi connectivity index (χ0) is 24.1. The second kappa shape index (κ2) is 10.3. The first-order valence-electron chi connectivity index (χ1n) is 11.2. The van der Waals surface area contributed by atoms with Crippen LogP contribution in [0.1, 0.15) is 35.2 Å². The van der Waals surface area contributed by atoms with Gasteiger partial charge in [0.1, 0.15) is 12.4 Å². The van der Waals surface area contributed by atoms with Gasteiger partial charge < -0.3 is 14.8 Å². The summed E-state index contributed by atoms with van der Waals surface area (Å²) in [5, 5.41) is 3.01. The largest absolute Gasteiger partial charge is 0.497 e. The van der Waals surface area contributed by atoms with Crippen molar-refractivity contribution < 1.29 is 19.1 Å². The number of esters is 1. The number of carbonyl (C=O) groups excluding carboxylic acids is 2. The Kier molecular flexibility index (Phi) is 6.97. The van der Waals surface area contributed by atoms with Gasteiger partial charge in [0.2, 0.25) is 0 Å². The van der Waals surface area contributed by atoms with Crippen molar-refractivity contribution in [2.24, 2.45) is 0 Å². The highest BCUT2D eigenvalue weighted by molar-refractivity contribution is 5.95. The molecular formula is C28H28N2O4. The van der Waals surface area contributed by atoms with Gasteiger partial charge >= 0.3 is 12.0 Å². The Bertz CT molecular complexity index is 1190. The lowest BCUT2D eigenvalue weighted by molar-refractivity contribution is -0.141. The molecule has 0 fully saturated rings. The highest BCUT2D eigenvalue weighted by Crippen LogP contribution is 2.32. The normalized spacial score (nSPS) is 15.7. The van der Waals surface area contributed by atoms with Crippen LogP contribution in [0.15, 0.2) is 90.1 Å². The number of amides is 2. The standard InChI is InChI=1S/C28H28N2O4/c1-19-9-13-23(14-10-19)26-25(27(31)34-18-22-7-5-4-6-8-22)20(2)30(28(32)29-26)17-21-11-15-24(33-3)16-12-21/h4-16,26H,17-18H2,1-3H3,(H,29,32). The Morgan fingerprint density at radius 2 is 1.59 bits per heavy atom. The average Bonchev–Trinajstić information content (AvgIpc) is 2.86. The van der Waals surface area contributed by atoms with E-state index in [1.165, 1.54) is 0 Å². The summed E-state index contributed by atoms with van der Waals surface area (Å²) in [5.74, 6) is 0.287. The van der Waals surface area contributed by atoms with E-state index in [-0.39, 0.29) is 12.6 Å². The van der Waals surface area contributed by atoms with Crippen LogP contribution < -0.4 is 10.1 Å². The minimum Gasteiger partial charge on any atom is -0.497 e. The number of allylic oxidation sites excluding steroid dienone is 1. The molecule has 1 N–H and O–H groups in total. The van der Waals surface area contributed by atoms with Gasteiger partial charge in [-0.2, -0.15) is 0 Å². The highest BCUT2D eigenvalue weighted by atomic mass is 16.5. The summed E-state index contributed by atoms with van der Waals surface area (Å²) in [4.78, 5) is 28.1. The molecule has 1 heterocycles. The molecule has 0 saturated carbocycles. The number of hydrogen-bond acceptors (Lipinski definition) is 4. The van der Waals surface area contributed by atoms with Crippen molar-refractivity contribution in [2.45, 2.75) is 33.0 Å². The number of ether oxygens (including phenoxy) is 2. The van der Waals surface area contributed by atoms with Crippen LogP contribution in [-0.2, 0) is 22.7 Å². The van der Waals surface area contributed by atoms with Crippen molar-refractivity contribution in [3.63, 3.8) is 0 Å². The monoisotopic (exact) mass is 456 g/mol. The average molecular weight is 457 g/mol. The number of rotatable bonds is 7. The first kappa shape index (κ1) is 23.1. The molecule has 1 unspecified atom stereocenters. The van der Waals surface area contributed by atoms with Gasteiger partial charge in [-0.25, -0.2) is 9.59 Å². The van der Waals surface area contributed by atoms with Gasteiger partial charge in [0.25, 0.3) is 0 Å². The number of urea groups is 1. The Labute approximate surface area is 199 Å². The predicted octanol–water partition coefficient (Wildman–Crippen LogP) is 5.29. The molecule has 4 rings (SSSR count). The van der Waals surface area contributed by atoms with Crippen LogP contribution >= 0.6 is 0 Å². The van der Waals surface area contributed by atoms with E-state index in [0.717, 1.165) is 28.0 Å². The molecule has 6 nitrogen and oxygen atoms in total. The SMILES string of the molecule is COc1ccc(CN2C(=O)NC(c3ccc(C)cc3)C(C(=O)OCc3ccccc3)=C2C)cc1. The topological polar surface area (TPSA) is 67.9 Å². The lowest BCUT2D eigenvalue weighted by atomic mass is 9.94. The molecule has 1 aliphatic heterocycles. The molecule has 174 valence electrons. The minimum atomic E-state index is -0.594. The third-order valence-electron chi connectivity index (χ3n) is 5.94. The molecule has 3 aromatic rings. The van der Waals surface area contributed by atoms with Gasteiger partial charge in [0, 0.05) is 5.70 Å². The third kappa shape index (κ3) is 5.12. The van der Waals surface area contributed by atoms with Crippen molar-refractivity contribution >= 4 is 12.0 Å². The van der Waals surface area contributed by atoms with E-state index in [1.807, 2.05) is 85.8 Å². The molecule has 2 amide bonds. The fourth-order valence-corrected chi connectivity index (χ4v) is 3.96. The van der Waals surface area contributed by atoms with Crippen LogP contribution in [0.25, 0.3) is 0 Å². The Morgan fingerprint density at radius 1 is 0.912 bits per heavy atom. The maximum atomic E-state index is 13.3. The van der Waals surface area contributed by atoms with Gasteiger partial charge in [-0.15, -0.1) is 0 Å². The van der Waals surface area contributed by atoms with E-state index >= 15 is 0 Å². The maximum absolute atomic E-state index is 13.3. The first-order chi connectivity index (χ1) is 16.5. The number of hydrogen-bond donors (Lipinski definition) is 1. The Hall–Kier alpha value is -4.06. The zero-order valence-corrected chi connectivity index (χ0v) is 19.6. The summed E-state index contributed by atoms with van der Waals surface area (Å²) in [6.45, 7) is 4.26. The number of aryl methyl sites for hydroxylation is 1. The molecular weight excluding hydrogens is 428 g/mol. The second-order valence-electron chi connectivity index (χ2n) is 8.29. The van der Waals surface area contributed by atoms with Gasteiger partial charge in [-0.1, -0.05) is 72.3 Å². The summed E-state index contributed by atoms with van der Waals surface area (Å²) < 4.78 is 10.9. The number of nitrogens with zero attached hydrogens (tertiary/aromatic N) is 1. The third-order valence-corrected chi connectivity index (χ3v) is 5.94. The molecule has 3 aromatic carbocycles. The van der Waals surface area contributed by atoms with Crippen molar-refractivity contribution in [1.29, 1.82) is 0 Å². The molecule has 1 aliphatic rings. The number of carbonyl (C=O) groups is 2. The summed E-state index contributed by atoms with van der Waals surface area (Å²) in [6.07, 6.45) is 0. The van der Waals surface area contributed by atoms with Gasteiger partial charge in [-0.05, 0) is 42.7 Å². The van der Waals surface area contributed by atoms with Gasteiger partial charge in [0.15, 0.2) is 0 Å². The maximum Gasteiger partial charge on any atom is 0.338 e. The zero-order valence-electron chi connectivity index (χ0n) is 19.6. The molecule has 0 saturated heterocycles. The fraction of sp³-hybridized carbons (Fsp3) is 0.214. The Morgan fingerprint density at radius 3 is 2.24 bits per heavy atom. The van der Waals surface area contributed by atoms with E-state index in [2.05, 4.69) is 5.32 Å². The smallest absolute Gasteiger partial charge is 0.338 e. The summed E-state index contributed by atoms with van der Waals surface area (Å²) >= 11 is 0. The Balaban J connectivity index is 1.66. The summed E-state index contributed by atoms with van der Waals surface area (Å²) in [5.41, 5.74) is 4.74. The van der Waals surface area contributed by atoms with Crippen LogP contribution in [0.3, 0.4) is 0 Å². The van der Waals surface area contributed by atoms with E-state index in [9.17, 15) is 9.59 Å². The van der Waals surface area contributed by atoms with Crippen LogP contribution in [0.2, 0.25) is 0 Å². The highest BCUT2D eigenvalue weighted by Gasteiger charge is 2.36. The van der Waals surface area contributed by atoms with E-state index in [1.54, 1.807) is 18.9 Å². The molecule has 34 heavy (non-hydrogen) atoms. The molecule has 6 heteroatoms. The summed E-state index contributed by atoms with van der Waals surface area (Å²) in [7, 11) is 1.61. The lowest BCUT2D eigenvalue weighted by Gasteiger charge is -2.35. The number of nitrogens with one attached hydrogen (secondary N) is 1. The van der Waals surface area contributed by atoms with E-state index in [4.69, 9.17) is 9.47 Å². The fourth-order valence-electron chi connectivity index (χ4n) is 3.96. The van der Waals surface area contributed by atoms with Crippen LogP contribution in [0, 0.1) is 6.92 Å². The number of methoxy groups -OCH3 is 1. The molecule has 0 spiro atoms. The van der Waals surface area contributed by atoms with Crippen molar-refractivity contribution in [3.05, 3.63) is 112 Å². The van der Waals surface area contributed by atoms with Crippen LogP contribution in [0.5, 0.6) is 5.75 Å². The predicted molar refractivity (Wildman–Crippen MR) is 130 cm³/mol. The van der Waals surface area contributed by atoms with Crippen LogP contribution in [-0.4, -0.2) is 24.0 Å². The van der Waals surface area contributed by atoms with E-state index in [0.29, 0.717) is 17.8 Å². The van der Waals surface area contributed by atoms with Gasteiger partial charge in [-0.3, -0.25) is 4.90 Å². The molecule has 0 bridgehead atoms. The first-order valence-corrected chi connectivity index (χ1v) is 11.2. The van der Waals surface area contributed by atoms with Crippen molar-refractivity contribution in [2.75, 3.05) is 7.11 Å². The quantitative estimate of drug-likeness (QED) is 0.491. The molecule has 1 atom stereocenters. The van der Waals surface area contributed by atoms with Gasteiger partial charge in [0.05, 0.1) is 25.3 Å². The molecule has 0 aromatic heterocycles. The van der Waals surface area contributed by atoms with Crippen molar-refractivity contribution in [1.82, 2.24) is 10.2 Å². The second-order valence-corrected chi connectivity index (χ2v) is 8.29. The summed E-state index contributed by atoms with van der Waals surface area (Å²) in [6, 6.07) is 24.0.